The molecule has 3 N–H and O–H groups in total. The summed E-state index contributed by atoms with van der Waals surface area (Å²) in [5.74, 6) is -8.99. The van der Waals surface area contributed by atoms with E-state index in [2.05, 4.69) is 20.0 Å². The maximum absolute atomic E-state index is 14.5. The van der Waals surface area contributed by atoms with Crippen LogP contribution in [0.3, 0.4) is 0 Å². The van der Waals surface area contributed by atoms with Gasteiger partial charge in [0, 0.05) is 12.0 Å². The molecule has 194 valence electrons. The molecule has 36 heavy (non-hydrogen) atoms. The Balaban J connectivity index is 1.97. The van der Waals surface area contributed by atoms with Crippen LogP contribution >= 0.6 is 0 Å². The number of ether oxygens (including phenoxy) is 2. The fourth-order valence-electron chi connectivity index (χ4n) is 3.16. The molecule has 15 heteroatoms. The molecule has 0 spiro atoms. The van der Waals surface area contributed by atoms with Crippen molar-refractivity contribution in [1.82, 2.24) is 9.97 Å². The molecular formula is C21H17F7N4O4. The molecule has 1 aliphatic heterocycles. The number of alkyl halides is 5. The minimum Gasteiger partial charge on any atom is -0.470 e. The van der Waals surface area contributed by atoms with Crippen molar-refractivity contribution < 1.29 is 49.8 Å². The average Bonchev–Trinajstić information content (AvgIpc) is 2.79. The smallest absolute Gasteiger partial charge is 0.422 e. The van der Waals surface area contributed by atoms with Crippen LogP contribution in [-0.4, -0.2) is 47.0 Å². The number of ketones is 1. The van der Waals surface area contributed by atoms with E-state index in [-0.39, 0.29) is 18.2 Å². The third kappa shape index (κ3) is 6.90. The topological polar surface area (TPSA) is 116 Å². The first-order valence-corrected chi connectivity index (χ1v) is 10.1. The Bertz CT molecular complexity index is 1180. The summed E-state index contributed by atoms with van der Waals surface area (Å²) in [4.78, 5) is 32.4. The van der Waals surface area contributed by atoms with Crippen molar-refractivity contribution >= 4 is 17.4 Å². The Kier molecular flexibility index (Phi) is 7.81. The summed E-state index contributed by atoms with van der Waals surface area (Å²) in [5.41, 5.74) is 3.62. The molecule has 1 aromatic heterocycles. The molecule has 3 rings (SSSR count). The lowest BCUT2D eigenvalue weighted by Crippen LogP contribution is -2.32. The van der Waals surface area contributed by atoms with E-state index in [1.165, 1.54) is 0 Å². The first-order valence-electron chi connectivity index (χ1n) is 10.1. The molecule has 2 heterocycles. The Hall–Kier alpha value is -3.75. The molecule has 0 saturated carbocycles. The predicted octanol–water partition coefficient (Wildman–Crippen LogP) is 3.80. The molecule has 1 fully saturated rings. The third-order valence-electron chi connectivity index (χ3n) is 4.77. The van der Waals surface area contributed by atoms with E-state index in [9.17, 15) is 40.3 Å². The molecule has 1 aliphatic rings. The zero-order valence-corrected chi connectivity index (χ0v) is 18.0. The molecule has 0 bridgehead atoms. The zero-order chi connectivity index (χ0) is 26.7. The van der Waals surface area contributed by atoms with Gasteiger partial charge in [-0.25, -0.2) is 27.5 Å². The summed E-state index contributed by atoms with van der Waals surface area (Å²) in [7, 11) is 0. The second-order valence-electron chi connectivity index (χ2n) is 7.57. The van der Waals surface area contributed by atoms with Crippen LogP contribution < -0.4 is 11.1 Å². The van der Waals surface area contributed by atoms with Gasteiger partial charge in [0.05, 0.1) is 17.5 Å². The van der Waals surface area contributed by atoms with Gasteiger partial charge in [-0.2, -0.15) is 13.2 Å². The second kappa shape index (κ2) is 10.5. The number of rotatable bonds is 7. The molecule has 0 aliphatic carbocycles. The van der Waals surface area contributed by atoms with Gasteiger partial charge in [0.15, 0.2) is 12.5 Å². The number of nitrogens with two attached hydrogens (primary N) is 1. The fourth-order valence-corrected chi connectivity index (χ4v) is 3.16. The number of aromatic nitrogens is 2. The maximum Gasteiger partial charge on any atom is 0.422 e. The van der Waals surface area contributed by atoms with Crippen LogP contribution in [0.5, 0.6) is 0 Å². The minimum absolute atomic E-state index is 0.217. The number of benzene rings is 1. The van der Waals surface area contributed by atoms with Gasteiger partial charge < -0.3 is 20.5 Å². The number of carbonyl (C=O) groups excluding carboxylic acids is 2. The molecule has 0 radical (unpaired) electrons. The highest BCUT2D eigenvalue weighted by Gasteiger charge is 2.38. The summed E-state index contributed by atoms with van der Waals surface area (Å²) in [6.45, 7) is -2.82. The van der Waals surface area contributed by atoms with Crippen molar-refractivity contribution in [2.75, 3.05) is 18.5 Å². The molecule has 1 unspecified atom stereocenters. The normalized spacial score (nSPS) is 18.0. The van der Waals surface area contributed by atoms with Gasteiger partial charge in [-0.05, 0) is 24.6 Å². The monoisotopic (exact) mass is 522 g/mol. The van der Waals surface area contributed by atoms with E-state index in [1.807, 2.05) is 0 Å². The van der Waals surface area contributed by atoms with Gasteiger partial charge in [0.2, 0.25) is 5.78 Å². The van der Waals surface area contributed by atoms with Crippen molar-refractivity contribution in [1.29, 1.82) is 0 Å². The van der Waals surface area contributed by atoms with Gasteiger partial charge in [0.1, 0.15) is 36.4 Å². The highest BCUT2D eigenvalue weighted by molar-refractivity contribution is 6.44. The highest BCUT2D eigenvalue weighted by atomic mass is 19.4. The van der Waals surface area contributed by atoms with Gasteiger partial charge in [-0.3, -0.25) is 9.59 Å². The zero-order valence-electron chi connectivity index (χ0n) is 18.0. The predicted molar refractivity (Wildman–Crippen MR) is 108 cm³/mol. The minimum atomic E-state index is -4.76. The van der Waals surface area contributed by atoms with E-state index in [1.54, 1.807) is 0 Å². The molecule has 1 aromatic carbocycles. The first-order chi connectivity index (χ1) is 16.8. The summed E-state index contributed by atoms with van der Waals surface area (Å²) in [6, 6.07) is 2.31. The number of anilines is 1. The van der Waals surface area contributed by atoms with E-state index >= 15 is 0 Å². The Morgan fingerprint density at radius 2 is 1.97 bits per heavy atom. The Labute approximate surface area is 198 Å². The van der Waals surface area contributed by atoms with Gasteiger partial charge in [-0.15, -0.1) is 0 Å². The molecule has 2 aromatic rings. The summed E-state index contributed by atoms with van der Waals surface area (Å²) in [6.07, 6.45) is -5.65. The molecule has 1 amide bonds. The summed E-state index contributed by atoms with van der Waals surface area (Å²) >= 11 is 0. The molecule has 8 nitrogen and oxygen atoms in total. The van der Waals surface area contributed by atoms with Crippen LogP contribution in [0.25, 0.3) is 11.3 Å². The quantitative estimate of drug-likeness (QED) is 0.246. The van der Waals surface area contributed by atoms with Crippen LogP contribution in [0, 0.1) is 11.6 Å². The van der Waals surface area contributed by atoms with Gasteiger partial charge >= 0.3 is 6.18 Å². The van der Waals surface area contributed by atoms with Crippen molar-refractivity contribution in [3.63, 3.8) is 0 Å². The van der Waals surface area contributed by atoms with Crippen molar-refractivity contribution in [3.8, 4) is 11.3 Å². The number of halogens is 7. The van der Waals surface area contributed by atoms with Crippen LogP contribution in [0.15, 0.2) is 36.5 Å². The number of hydrogen-bond acceptors (Lipinski definition) is 7. The van der Waals surface area contributed by atoms with E-state index in [0.717, 1.165) is 24.5 Å². The number of hydrogen-bond donors (Lipinski definition) is 2. The lowest BCUT2D eigenvalue weighted by atomic mass is 10.00. The van der Waals surface area contributed by atoms with Gasteiger partial charge in [-0.1, -0.05) is 0 Å². The largest absolute Gasteiger partial charge is 0.470 e. The molecule has 1 saturated heterocycles. The SMILES string of the molecule is N/C(=C\C(=O)C(=O)Nc1c(-c2cc(F)ccc2F)ncnc1C1CCC(F)(F)CO1)OCC(F)(F)F. The number of amides is 1. The fraction of sp³-hybridized carbons (Fsp3) is 0.333. The van der Waals surface area contributed by atoms with Crippen LogP contribution in [0.1, 0.15) is 24.6 Å². The standard InChI is InChI=1S/C21H17F7N4O4/c22-10-1-2-12(23)11(5-10)16-18(17(31-9-30-16)14-3-4-20(24,25)7-35-14)32-19(34)13(33)6-15(29)36-8-21(26,27)28/h1-2,5-6,9,14H,3-4,7-8,29H2,(H,32,34)/b15-6+. The number of carbonyl (C=O) groups is 2. The first kappa shape index (κ1) is 26.8. The average molecular weight is 522 g/mol. The third-order valence-corrected chi connectivity index (χ3v) is 4.77. The lowest BCUT2D eigenvalue weighted by Gasteiger charge is -2.29. The van der Waals surface area contributed by atoms with Crippen LogP contribution in [0.2, 0.25) is 0 Å². The van der Waals surface area contributed by atoms with Crippen molar-refractivity contribution in [2.45, 2.75) is 31.0 Å². The Morgan fingerprint density at radius 1 is 1.25 bits per heavy atom. The second-order valence-corrected chi connectivity index (χ2v) is 7.57. The highest BCUT2D eigenvalue weighted by Crippen LogP contribution is 2.40. The number of nitrogens with one attached hydrogen (secondary N) is 1. The lowest BCUT2D eigenvalue weighted by molar-refractivity contribution is -0.165. The van der Waals surface area contributed by atoms with Crippen LogP contribution in [-0.2, 0) is 19.1 Å². The summed E-state index contributed by atoms with van der Waals surface area (Å²) in [5, 5.41) is 2.07. The van der Waals surface area contributed by atoms with Crippen LogP contribution in [0.4, 0.5) is 36.4 Å². The van der Waals surface area contributed by atoms with Crippen molar-refractivity contribution in [3.05, 3.63) is 53.8 Å². The van der Waals surface area contributed by atoms with Crippen molar-refractivity contribution in [2.24, 2.45) is 5.73 Å². The maximum atomic E-state index is 14.5. The van der Waals surface area contributed by atoms with E-state index in [0.29, 0.717) is 0 Å². The van der Waals surface area contributed by atoms with E-state index < -0.39 is 84.0 Å². The molecular weight excluding hydrogens is 505 g/mol. The van der Waals surface area contributed by atoms with E-state index in [4.69, 9.17) is 10.5 Å². The number of nitrogens with zero attached hydrogens (tertiary/aromatic N) is 2. The summed E-state index contributed by atoms with van der Waals surface area (Å²) < 4.78 is 101. The molecule has 1 atom stereocenters. The van der Waals surface area contributed by atoms with Gasteiger partial charge in [0.25, 0.3) is 11.8 Å². The Morgan fingerprint density at radius 3 is 2.61 bits per heavy atom.